The Morgan fingerprint density at radius 1 is 0.633 bits per heavy atom. The fourth-order valence-electron chi connectivity index (χ4n) is 1.94. The third-order valence-corrected chi connectivity index (χ3v) is 3.46. The highest BCUT2D eigenvalue weighted by atomic mass is 16.4. The van der Waals surface area contributed by atoms with Crippen molar-refractivity contribution in [3.05, 3.63) is 60.2 Å². The number of aliphatic carboxylic acids is 2. The van der Waals surface area contributed by atoms with Gasteiger partial charge in [-0.15, -0.1) is 0 Å². The van der Waals surface area contributed by atoms with Crippen LogP contribution in [0.15, 0.2) is 49.1 Å². The van der Waals surface area contributed by atoms with Crippen LogP contribution in [0.3, 0.4) is 0 Å². The lowest BCUT2D eigenvalue weighted by Gasteiger charge is -1.96. The van der Waals surface area contributed by atoms with E-state index in [0.29, 0.717) is 24.0 Å². The fraction of sp³-hybridized carbons (Fsp3) is 0.300. The van der Waals surface area contributed by atoms with Crippen molar-refractivity contribution in [1.82, 2.24) is 9.97 Å². The molecule has 2 heterocycles. The summed E-state index contributed by atoms with van der Waals surface area (Å²) in [6.45, 7) is 0. The molecule has 0 aromatic carbocycles. The van der Waals surface area contributed by atoms with Gasteiger partial charge in [0.25, 0.3) is 0 Å². The molecular weight excluding hydrogens is 392 g/mol. The van der Waals surface area contributed by atoms with Crippen molar-refractivity contribution < 1.29 is 29.4 Å². The Hall–Kier alpha value is -3.82. The number of carbonyl (C=O) groups excluding carboxylic acids is 2. The first-order chi connectivity index (χ1) is 14.2. The van der Waals surface area contributed by atoms with Gasteiger partial charge in [0.2, 0.25) is 11.8 Å². The SMILES string of the molecule is NC(=O)c1ccncc1.NC(=O)c1ccncc1.O=C(O)CCCCCCC(=O)O. The number of carbonyl (C=O) groups is 4. The highest BCUT2D eigenvalue weighted by Gasteiger charge is 1.98. The summed E-state index contributed by atoms with van der Waals surface area (Å²) in [6.07, 6.45) is 9.39. The molecule has 0 aliphatic rings. The Kier molecular flexibility index (Phi) is 14.1. The molecule has 0 unspecified atom stereocenters. The van der Waals surface area contributed by atoms with Crippen molar-refractivity contribution in [2.75, 3.05) is 0 Å². The maximum atomic E-state index is 10.4. The summed E-state index contributed by atoms with van der Waals surface area (Å²) in [7, 11) is 0. The summed E-state index contributed by atoms with van der Waals surface area (Å²) in [5, 5.41) is 16.5. The molecular formula is C20H26N4O6. The summed E-state index contributed by atoms with van der Waals surface area (Å²) < 4.78 is 0. The summed E-state index contributed by atoms with van der Waals surface area (Å²) in [5.41, 5.74) is 10.9. The summed E-state index contributed by atoms with van der Waals surface area (Å²) >= 11 is 0. The van der Waals surface area contributed by atoms with E-state index in [9.17, 15) is 19.2 Å². The summed E-state index contributed by atoms with van der Waals surface area (Å²) in [6, 6.07) is 6.29. The molecule has 0 atom stereocenters. The predicted molar refractivity (Wildman–Crippen MR) is 108 cm³/mol. The lowest BCUT2D eigenvalue weighted by molar-refractivity contribution is -0.138. The van der Waals surface area contributed by atoms with Gasteiger partial charge >= 0.3 is 11.9 Å². The number of primary amides is 2. The molecule has 0 saturated heterocycles. The zero-order valence-corrected chi connectivity index (χ0v) is 16.4. The molecule has 0 aliphatic carbocycles. The molecule has 0 spiro atoms. The van der Waals surface area contributed by atoms with Crippen molar-refractivity contribution >= 4 is 23.8 Å². The minimum absolute atomic E-state index is 0.188. The molecule has 2 amide bonds. The van der Waals surface area contributed by atoms with E-state index in [0.717, 1.165) is 12.8 Å². The second-order valence-corrected chi connectivity index (χ2v) is 5.90. The van der Waals surface area contributed by atoms with E-state index in [1.54, 1.807) is 24.3 Å². The van der Waals surface area contributed by atoms with Crippen molar-refractivity contribution in [2.45, 2.75) is 38.5 Å². The number of unbranched alkanes of at least 4 members (excludes halogenated alkanes) is 3. The topological polar surface area (TPSA) is 187 Å². The van der Waals surface area contributed by atoms with Gasteiger partial charge in [-0.25, -0.2) is 0 Å². The highest BCUT2D eigenvalue weighted by Crippen LogP contribution is 2.04. The molecule has 10 nitrogen and oxygen atoms in total. The lowest BCUT2D eigenvalue weighted by atomic mass is 10.1. The number of rotatable bonds is 9. The van der Waals surface area contributed by atoms with E-state index in [2.05, 4.69) is 9.97 Å². The van der Waals surface area contributed by atoms with Crippen molar-refractivity contribution in [1.29, 1.82) is 0 Å². The van der Waals surface area contributed by atoms with Crippen LogP contribution in [-0.4, -0.2) is 43.9 Å². The first-order valence-electron chi connectivity index (χ1n) is 9.07. The van der Waals surface area contributed by atoms with Crippen LogP contribution in [-0.2, 0) is 9.59 Å². The van der Waals surface area contributed by atoms with Crippen LogP contribution < -0.4 is 11.5 Å². The fourth-order valence-corrected chi connectivity index (χ4v) is 1.94. The minimum Gasteiger partial charge on any atom is -0.481 e. The van der Waals surface area contributed by atoms with Crippen molar-refractivity contribution in [2.24, 2.45) is 11.5 Å². The molecule has 162 valence electrons. The maximum Gasteiger partial charge on any atom is 0.303 e. The van der Waals surface area contributed by atoms with Crippen LogP contribution in [0.4, 0.5) is 0 Å². The number of nitrogens with zero attached hydrogens (tertiary/aromatic N) is 2. The van der Waals surface area contributed by atoms with E-state index in [4.69, 9.17) is 21.7 Å². The average molecular weight is 418 g/mol. The second-order valence-electron chi connectivity index (χ2n) is 5.90. The molecule has 0 bridgehead atoms. The van der Waals surface area contributed by atoms with Crippen LogP contribution in [0, 0.1) is 0 Å². The molecule has 6 N–H and O–H groups in total. The largest absolute Gasteiger partial charge is 0.481 e. The van der Waals surface area contributed by atoms with Gasteiger partial charge < -0.3 is 21.7 Å². The first-order valence-corrected chi connectivity index (χ1v) is 9.07. The van der Waals surface area contributed by atoms with Crippen LogP contribution in [0.1, 0.15) is 59.2 Å². The second kappa shape index (κ2) is 16.2. The van der Waals surface area contributed by atoms with Crippen LogP contribution in [0.5, 0.6) is 0 Å². The number of aromatic nitrogens is 2. The number of carboxylic acids is 2. The van der Waals surface area contributed by atoms with Crippen LogP contribution >= 0.6 is 0 Å². The van der Waals surface area contributed by atoms with Gasteiger partial charge in [-0.2, -0.15) is 0 Å². The minimum atomic E-state index is -0.784. The molecule has 2 aromatic heterocycles. The molecule has 10 heteroatoms. The maximum absolute atomic E-state index is 10.4. The molecule has 0 saturated carbocycles. The molecule has 2 aromatic rings. The highest BCUT2D eigenvalue weighted by molar-refractivity contribution is 5.92. The average Bonchev–Trinajstić information content (AvgIpc) is 2.72. The number of carboxylic acid groups (broad SMARTS) is 2. The van der Waals surface area contributed by atoms with Gasteiger partial charge in [0, 0.05) is 48.8 Å². The lowest BCUT2D eigenvalue weighted by Crippen LogP contribution is -2.10. The van der Waals surface area contributed by atoms with E-state index in [-0.39, 0.29) is 12.8 Å². The predicted octanol–water partition coefficient (Wildman–Crippen LogP) is 1.86. The van der Waals surface area contributed by atoms with Gasteiger partial charge in [-0.1, -0.05) is 12.8 Å². The van der Waals surface area contributed by atoms with E-state index < -0.39 is 23.8 Å². The Balaban J connectivity index is 0.000000426. The third-order valence-electron chi connectivity index (χ3n) is 3.46. The van der Waals surface area contributed by atoms with Gasteiger partial charge in [-0.3, -0.25) is 29.1 Å². The van der Waals surface area contributed by atoms with E-state index in [1.807, 2.05) is 0 Å². The van der Waals surface area contributed by atoms with Gasteiger partial charge in [0.05, 0.1) is 0 Å². The molecule has 30 heavy (non-hydrogen) atoms. The zero-order chi connectivity index (χ0) is 22.8. The normalized spacial score (nSPS) is 9.20. The first kappa shape index (κ1) is 26.2. The quantitative estimate of drug-likeness (QED) is 0.444. The van der Waals surface area contributed by atoms with E-state index in [1.165, 1.54) is 24.8 Å². The van der Waals surface area contributed by atoms with Crippen molar-refractivity contribution in [3.8, 4) is 0 Å². The number of hydrogen-bond donors (Lipinski definition) is 4. The number of pyridine rings is 2. The van der Waals surface area contributed by atoms with E-state index >= 15 is 0 Å². The Bertz CT molecular complexity index is 717. The smallest absolute Gasteiger partial charge is 0.303 e. The van der Waals surface area contributed by atoms with Gasteiger partial charge in [0.15, 0.2) is 0 Å². The number of amides is 2. The van der Waals surface area contributed by atoms with Gasteiger partial charge in [0.1, 0.15) is 0 Å². The number of hydrogen-bond acceptors (Lipinski definition) is 6. The van der Waals surface area contributed by atoms with Crippen LogP contribution in [0.2, 0.25) is 0 Å². The monoisotopic (exact) mass is 418 g/mol. The Morgan fingerprint density at radius 3 is 1.13 bits per heavy atom. The molecule has 0 fully saturated rings. The molecule has 0 radical (unpaired) electrons. The summed E-state index contributed by atoms with van der Waals surface area (Å²) in [5.74, 6) is -2.41. The summed E-state index contributed by atoms with van der Waals surface area (Å²) in [4.78, 5) is 48.3. The Morgan fingerprint density at radius 2 is 0.933 bits per heavy atom. The standard InChI is InChI=1S/C8H14O4.2C6H6N2O/c9-7(10)5-3-1-2-4-6-8(11)12;2*7-6(9)5-1-3-8-4-2-5/h1-6H2,(H,9,10)(H,11,12);2*1-4H,(H2,7,9). The Labute approximate surface area is 174 Å². The molecule has 0 aliphatic heterocycles. The zero-order valence-electron chi connectivity index (χ0n) is 16.4. The van der Waals surface area contributed by atoms with Gasteiger partial charge in [-0.05, 0) is 37.1 Å². The van der Waals surface area contributed by atoms with Crippen molar-refractivity contribution in [3.63, 3.8) is 0 Å². The van der Waals surface area contributed by atoms with Crippen LogP contribution in [0.25, 0.3) is 0 Å². The number of nitrogens with two attached hydrogens (primary N) is 2. The third kappa shape index (κ3) is 15.3. The molecule has 2 rings (SSSR count).